The number of methoxy groups -OCH3 is 1. The second-order valence-electron chi connectivity index (χ2n) is 4.26. The largest absolute Gasteiger partial charge is 0.497 e. The number of primary sulfonamides is 1. The fourth-order valence-electron chi connectivity index (χ4n) is 1.68. The van der Waals surface area contributed by atoms with Crippen molar-refractivity contribution >= 4 is 26.0 Å². The van der Waals surface area contributed by atoms with Gasteiger partial charge in [-0.3, -0.25) is 0 Å². The molecular formula is C14H14BrNO4S. The average Bonchev–Trinajstić information content (AvgIpc) is 2.46. The van der Waals surface area contributed by atoms with Crippen LogP contribution in [0.3, 0.4) is 0 Å². The summed E-state index contributed by atoms with van der Waals surface area (Å²) in [4.78, 5) is 0.0532. The number of sulfonamides is 1. The van der Waals surface area contributed by atoms with Gasteiger partial charge in [0.05, 0.1) is 12.0 Å². The van der Waals surface area contributed by atoms with Crippen molar-refractivity contribution in [2.75, 3.05) is 7.11 Å². The Labute approximate surface area is 131 Å². The van der Waals surface area contributed by atoms with Gasteiger partial charge in [0.15, 0.2) is 0 Å². The standard InChI is InChI=1S/C14H14BrNO4S/c1-19-12-4-7-14(15)10(8-12)9-20-11-2-5-13(6-3-11)21(16,17)18/h2-8H,9H2,1H3,(H2,16,17,18). The fraction of sp³-hybridized carbons (Fsp3) is 0.143. The van der Waals surface area contributed by atoms with Crippen LogP contribution in [-0.4, -0.2) is 15.5 Å². The molecule has 0 radical (unpaired) electrons. The van der Waals surface area contributed by atoms with Gasteiger partial charge in [-0.05, 0) is 42.5 Å². The molecule has 0 fully saturated rings. The predicted octanol–water partition coefficient (Wildman–Crippen LogP) is 2.68. The van der Waals surface area contributed by atoms with E-state index in [1.54, 1.807) is 19.2 Å². The lowest BCUT2D eigenvalue weighted by Crippen LogP contribution is -2.11. The molecule has 21 heavy (non-hydrogen) atoms. The van der Waals surface area contributed by atoms with Crippen molar-refractivity contribution in [3.63, 3.8) is 0 Å². The minimum atomic E-state index is -3.68. The quantitative estimate of drug-likeness (QED) is 0.875. The van der Waals surface area contributed by atoms with Crippen LogP contribution in [0.4, 0.5) is 0 Å². The van der Waals surface area contributed by atoms with E-state index < -0.39 is 10.0 Å². The molecule has 0 spiro atoms. The molecule has 0 unspecified atom stereocenters. The summed E-state index contributed by atoms with van der Waals surface area (Å²) in [6.45, 7) is 0.326. The van der Waals surface area contributed by atoms with Gasteiger partial charge in [0, 0.05) is 10.0 Å². The molecule has 2 N–H and O–H groups in total. The third kappa shape index (κ3) is 4.20. The molecule has 0 bridgehead atoms. The lowest BCUT2D eigenvalue weighted by atomic mass is 10.2. The summed E-state index contributed by atoms with van der Waals surface area (Å²) in [5.41, 5.74) is 0.921. The first-order valence-corrected chi connectivity index (χ1v) is 8.32. The Morgan fingerprint density at radius 2 is 1.71 bits per heavy atom. The number of hydrogen-bond acceptors (Lipinski definition) is 4. The van der Waals surface area contributed by atoms with Crippen LogP contribution in [0.15, 0.2) is 51.8 Å². The Hall–Kier alpha value is -1.57. The summed E-state index contributed by atoms with van der Waals surface area (Å²) in [7, 11) is -2.08. The molecule has 0 heterocycles. The molecule has 0 aliphatic rings. The van der Waals surface area contributed by atoms with Crippen LogP contribution in [0, 0.1) is 0 Å². The highest BCUT2D eigenvalue weighted by molar-refractivity contribution is 9.10. The van der Waals surface area contributed by atoms with Gasteiger partial charge in [0.2, 0.25) is 10.0 Å². The van der Waals surface area contributed by atoms with Gasteiger partial charge < -0.3 is 9.47 Å². The molecule has 7 heteroatoms. The molecule has 0 aromatic heterocycles. The Morgan fingerprint density at radius 1 is 1.10 bits per heavy atom. The molecule has 5 nitrogen and oxygen atoms in total. The van der Waals surface area contributed by atoms with E-state index in [2.05, 4.69) is 15.9 Å². The van der Waals surface area contributed by atoms with Crippen LogP contribution in [-0.2, 0) is 16.6 Å². The molecular weight excluding hydrogens is 358 g/mol. The molecule has 2 rings (SSSR count). The fourth-order valence-corrected chi connectivity index (χ4v) is 2.55. The van der Waals surface area contributed by atoms with Gasteiger partial charge >= 0.3 is 0 Å². The molecule has 2 aromatic carbocycles. The Morgan fingerprint density at radius 3 is 2.29 bits per heavy atom. The summed E-state index contributed by atoms with van der Waals surface area (Å²) in [6.07, 6.45) is 0. The van der Waals surface area contributed by atoms with Gasteiger partial charge in [-0.2, -0.15) is 0 Å². The SMILES string of the molecule is COc1ccc(Br)c(COc2ccc(S(N)(=O)=O)cc2)c1. The second kappa shape index (κ2) is 6.46. The molecule has 2 aromatic rings. The van der Waals surface area contributed by atoms with Crippen molar-refractivity contribution in [2.45, 2.75) is 11.5 Å². The predicted molar refractivity (Wildman–Crippen MR) is 82.8 cm³/mol. The molecule has 0 aliphatic heterocycles. The summed E-state index contributed by atoms with van der Waals surface area (Å²) in [6, 6.07) is 11.5. The van der Waals surface area contributed by atoms with Crippen molar-refractivity contribution in [3.8, 4) is 11.5 Å². The van der Waals surface area contributed by atoms with E-state index in [1.165, 1.54) is 12.1 Å². The van der Waals surface area contributed by atoms with Gasteiger partial charge in [0.25, 0.3) is 0 Å². The maximum absolute atomic E-state index is 11.2. The highest BCUT2D eigenvalue weighted by Gasteiger charge is 2.08. The van der Waals surface area contributed by atoms with Crippen LogP contribution in [0.5, 0.6) is 11.5 Å². The number of ether oxygens (including phenoxy) is 2. The van der Waals surface area contributed by atoms with E-state index in [0.717, 1.165) is 15.8 Å². The first-order valence-electron chi connectivity index (χ1n) is 5.98. The summed E-state index contributed by atoms with van der Waals surface area (Å²) >= 11 is 3.44. The third-order valence-electron chi connectivity index (χ3n) is 2.80. The first-order chi connectivity index (χ1) is 9.90. The highest BCUT2D eigenvalue weighted by Crippen LogP contribution is 2.24. The average molecular weight is 372 g/mol. The lowest BCUT2D eigenvalue weighted by Gasteiger charge is -2.10. The van der Waals surface area contributed by atoms with Crippen molar-refractivity contribution < 1.29 is 17.9 Å². The number of rotatable bonds is 5. The zero-order chi connectivity index (χ0) is 15.5. The molecule has 0 saturated heterocycles. The third-order valence-corrected chi connectivity index (χ3v) is 4.50. The van der Waals surface area contributed by atoms with Crippen LogP contribution < -0.4 is 14.6 Å². The van der Waals surface area contributed by atoms with Gasteiger partial charge in [-0.1, -0.05) is 15.9 Å². The van der Waals surface area contributed by atoms with E-state index in [4.69, 9.17) is 14.6 Å². The van der Waals surface area contributed by atoms with Gasteiger partial charge in [0.1, 0.15) is 18.1 Å². The summed E-state index contributed by atoms with van der Waals surface area (Å²) in [5, 5.41) is 5.03. The van der Waals surface area contributed by atoms with Gasteiger partial charge in [-0.25, -0.2) is 13.6 Å². The van der Waals surface area contributed by atoms with E-state index in [9.17, 15) is 8.42 Å². The second-order valence-corrected chi connectivity index (χ2v) is 6.68. The van der Waals surface area contributed by atoms with Crippen molar-refractivity contribution in [3.05, 3.63) is 52.5 Å². The minimum absolute atomic E-state index is 0.0532. The molecule has 0 saturated carbocycles. The smallest absolute Gasteiger partial charge is 0.238 e. The molecule has 0 aliphatic carbocycles. The van der Waals surface area contributed by atoms with Crippen LogP contribution in [0.2, 0.25) is 0 Å². The van der Waals surface area contributed by atoms with Crippen LogP contribution in [0.25, 0.3) is 0 Å². The number of benzene rings is 2. The summed E-state index contributed by atoms with van der Waals surface area (Å²) < 4.78 is 34.0. The Balaban J connectivity index is 2.10. The van der Waals surface area contributed by atoms with E-state index in [0.29, 0.717) is 12.4 Å². The van der Waals surface area contributed by atoms with Crippen LogP contribution in [0.1, 0.15) is 5.56 Å². The molecule has 0 atom stereocenters. The maximum Gasteiger partial charge on any atom is 0.238 e. The number of nitrogens with two attached hydrogens (primary N) is 1. The molecule has 112 valence electrons. The van der Waals surface area contributed by atoms with E-state index in [1.807, 2.05) is 18.2 Å². The number of hydrogen-bond donors (Lipinski definition) is 1. The van der Waals surface area contributed by atoms with Crippen LogP contribution >= 0.6 is 15.9 Å². The Bertz CT molecular complexity index is 729. The zero-order valence-corrected chi connectivity index (χ0v) is 13.6. The van der Waals surface area contributed by atoms with Crippen molar-refractivity contribution in [1.82, 2.24) is 0 Å². The monoisotopic (exact) mass is 371 g/mol. The van der Waals surface area contributed by atoms with E-state index >= 15 is 0 Å². The van der Waals surface area contributed by atoms with Crippen molar-refractivity contribution in [1.29, 1.82) is 0 Å². The minimum Gasteiger partial charge on any atom is -0.497 e. The zero-order valence-electron chi connectivity index (χ0n) is 11.2. The topological polar surface area (TPSA) is 78.6 Å². The normalized spacial score (nSPS) is 11.2. The number of halogens is 1. The molecule has 0 amide bonds. The van der Waals surface area contributed by atoms with Crippen molar-refractivity contribution in [2.24, 2.45) is 5.14 Å². The lowest BCUT2D eigenvalue weighted by molar-refractivity contribution is 0.304. The Kier molecular flexibility index (Phi) is 4.87. The van der Waals surface area contributed by atoms with Gasteiger partial charge in [-0.15, -0.1) is 0 Å². The summed E-state index contributed by atoms with van der Waals surface area (Å²) in [5.74, 6) is 1.29. The maximum atomic E-state index is 11.2. The highest BCUT2D eigenvalue weighted by atomic mass is 79.9. The van der Waals surface area contributed by atoms with E-state index in [-0.39, 0.29) is 4.90 Å². The first kappa shape index (κ1) is 15.8.